The van der Waals surface area contributed by atoms with Gasteiger partial charge in [0.2, 0.25) is 0 Å². The van der Waals surface area contributed by atoms with Gasteiger partial charge in [-0.3, -0.25) is 0 Å². The third-order valence-corrected chi connectivity index (χ3v) is 2.14. The zero-order chi connectivity index (χ0) is 9.14. The minimum atomic E-state index is 0.0785. The molecule has 1 aromatic heterocycles. The van der Waals surface area contributed by atoms with Crippen molar-refractivity contribution in [3.8, 4) is 0 Å². The van der Waals surface area contributed by atoms with E-state index in [2.05, 4.69) is 11.9 Å². The summed E-state index contributed by atoms with van der Waals surface area (Å²) in [4.78, 5) is 4.13. The minimum absolute atomic E-state index is 0.0785. The Bertz CT molecular complexity index is 273. The fourth-order valence-electron chi connectivity index (χ4n) is 1.15. The van der Waals surface area contributed by atoms with Crippen molar-refractivity contribution in [2.75, 3.05) is 0 Å². The summed E-state index contributed by atoms with van der Waals surface area (Å²) in [5, 5.41) is 0.527. The Morgan fingerprint density at radius 1 is 1.58 bits per heavy atom. The van der Waals surface area contributed by atoms with Crippen LogP contribution in [-0.2, 0) is 0 Å². The van der Waals surface area contributed by atoms with E-state index in [9.17, 15) is 0 Å². The Morgan fingerprint density at radius 2 is 2.25 bits per heavy atom. The molecule has 0 aliphatic heterocycles. The summed E-state index contributed by atoms with van der Waals surface area (Å²) in [6, 6.07) is 3.80. The second kappa shape index (κ2) is 3.87. The molecular weight excluding hydrogens is 172 g/mol. The van der Waals surface area contributed by atoms with Gasteiger partial charge in [-0.15, -0.1) is 0 Å². The molecule has 1 atom stereocenters. The average Bonchev–Trinajstić information content (AvgIpc) is 2.03. The normalized spacial score (nSPS) is 13.0. The van der Waals surface area contributed by atoms with Crippen LogP contribution in [0.2, 0.25) is 5.15 Å². The highest BCUT2D eigenvalue weighted by molar-refractivity contribution is 6.29. The molecule has 2 nitrogen and oxygen atoms in total. The fourth-order valence-corrected chi connectivity index (χ4v) is 1.34. The van der Waals surface area contributed by atoms with E-state index >= 15 is 0 Å². The standard InChI is InChI=1S/C9H13ClN2/c1-3-8(11)7-4-5-9(10)12-6(7)2/h4-5,8H,3,11H2,1-2H3/t8-/m1/s1. The molecule has 0 bridgehead atoms. The van der Waals surface area contributed by atoms with Gasteiger partial charge in [0, 0.05) is 11.7 Å². The van der Waals surface area contributed by atoms with Crippen molar-refractivity contribution in [2.45, 2.75) is 26.3 Å². The lowest BCUT2D eigenvalue weighted by atomic mass is 10.0. The van der Waals surface area contributed by atoms with Gasteiger partial charge in [-0.25, -0.2) is 4.98 Å². The maximum atomic E-state index is 5.86. The molecule has 66 valence electrons. The van der Waals surface area contributed by atoms with Crippen molar-refractivity contribution in [1.82, 2.24) is 4.98 Å². The highest BCUT2D eigenvalue weighted by Crippen LogP contribution is 2.18. The SMILES string of the molecule is CC[C@@H](N)c1ccc(Cl)nc1C. The van der Waals surface area contributed by atoms with E-state index < -0.39 is 0 Å². The van der Waals surface area contributed by atoms with Gasteiger partial charge in [0.05, 0.1) is 0 Å². The van der Waals surface area contributed by atoms with Crippen molar-refractivity contribution in [3.63, 3.8) is 0 Å². The van der Waals surface area contributed by atoms with E-state index in [0.29, 0.717) is 5.15 Å². The topological polar surface area (TPSA) is 38.9 Å². The molecule has 0 aromatic carbocycles. The number of aryl methyl sites for hydroxylation is 1. The van der Waals surface area contributed by atoms with E-state index in [-0.39, 0.29) is 6.04 Å². The summed E-state index contributed by atoms with van der Waals surface area (Å²) in [5.41, 5.74) is 7.87. The Labute approximate surface area is 77.8 Å². The first-order valence-electron chi connectivity index (χ1n) is 4.03. The van der Waals surface area contributed by atoms with Crippen molar-refractivity contribution < 1.29 is 0 Å². The summed E-state index contributed by atoms with van der Waals surface area (Å²) >= 11 is 5.71. The van der Waals surface area contributed by atoms with Gasteiger partial charge in [-0.2, -0.15) is 0 Å². The molecule has 3 heteroatoms. The Kier molecular flexibility index (Phi) is 3.06. The lowest BCUT2D eigenvalue weighted by Gasteiger charge is -2.11. The zero-order valence-corrected chi connectivity index (χ0v) is 8.10. The van der Waals surface area contributed by atoms with Crippen molar-refractivity contribution in [1.29, 1.82) is 0 Å². The largest absolute Gasteiger partial charge is 0.324 e. The van der Waals surface area contributed by atoms with Crippen LogP contribution < -0.4 is 5.73 Å². The van der Waals surface area contributed by atoms with Crippen LogP contribution in [0.5, 0.6) is 0 Å². The van der Waals surface area contributed by atoms with Crippen LogP contribution >= 0.6 is 11.6 Å². The minimum Gasteiger partial charge on any atom is -0.324 e. The first-order valence-corrected chi connectivity index (χ1v) is 4.41. The number of rotatable bonds is 2. The van der Waals surface area contributed by atoms with E-state index in [1.165, 1.54) is 0 Å². The Morgan fingerprint density at radius 3 is 2.75 bits per heavy atom. The van der Waals surface area contributed by atoms with E-state index in [1.54, 1.807) is 6.07 Å². The van der Waals surface area contributed by atoms with Gasteiger partial charge in [0.15, 0.2) is 0 Å². The fraction of sp³-hybridized carbons (Fsp3) is 0.444. The van der Waals surface area contributed by atoms with Gasteiger partial charge in [-0.1, -0.05) is 24.6 Å². The number of nitrogens with two attached hydrogens (primary N) is 1. The molecule has 2 N–H and O–H groups in total. The lowest BCUT2D eigenvalue weighted by Crippen LogP contribution is -2.10. The molecule has 0 amide bonds. The highest BCUT2D eigenvalue weighted by atomic mass is 35.5. The average molecular weight is 185 g/mol. The van der Waals surface area contributed by atoms with Crippen LogP contribution in [0.25, 0.3) is 0 Å². The molecule has 0 unspecified atom stereocenters. The molecule has 0 aliphatic rings. The van der Waals surface area contributed by atoms with Crippen LogP contribution in [0.4, 0.5) is 0 Å². The summed E-state index contributed by atoms with van der Waals surface area (Å²) in [5.74, 6) is 0. The van der Waals surface area contributed by atoms with Crippen LogP contribution in [0.15, 0.2) is 12.1 Å². The van der Waals surface area contributed by atoms with Crippen molar-refractivity contribution in [3.05, 3.63) is 28.5 Å². The summed E-state index contributed by atoms with van der Waals surface area (Å²) in [7, 11) is 0. The third-order valence-electron chi connectivity index (χ3n) is 1.93. The summed E-state index contributed by atoms with van der Waals surface area (Å²) in [6.07, 6.45) is 0.921. The number of aromatic nitrogens is 1. The van der Waals surface area contributed by atoms with Crippen LogP contribution in [-0.4, -0.2) is 4.98 Å². The number of halogens is 1. The summed E-state index contributed by atoms with van der Waals surface area (Å²) in [6.45, 7) is 3.98. The number of pyridine rings is 1. The quantitative estimate of drug-likeness (QED) is 0.718. The number of nitrogens with zero attached hydrogens (tertiary/aromatic N) is 1. The molecule has 1 aromatic rings. The van der Waals surface area contributed by atoms with Gasteiger partial charge in [0.1, 0.15) is 5.15 Å². The molecule has 0 spiro atoms. The first kappa shape index (κ1) is 9.49. The van der Waals surface area contributed by atoms with E-state index in [4.69, 9.17) is 17.3 Å². The molecule has 1 rings (SSSR count). The van der Waals surface area contributed by atoms with E-state index in [0.717, 1.165) is 17.7 Å². The lowest BCUT2D eigenvalue weighted by molar-refractivity contribution is 0.689. The predicted octanol–water partition coefficient (Wildman–Crippen LogP) is 2.45. The maximum absolute atomic E-state index is 5.86. The Balaban J connectivity index is 3.01. The molecule has 0 saturated heterocycles. The monoisotopic (exact) mass is 184 g/mol. The summed E-state index contributed by atoms with van der Waals surface area (Å²) < 4.78 is 0. The molecule has 1 heterocycles. The molecule has 12 heavy (non-hydrogen) atoms. The second-order valence-electron chi connectivity index (χ2n) is 2.82. The maximum Gasteiger partial charge on any atom is 0.129 e. The second-order valence-corrected chi connectivity index (χ2v) is 3.21. The molecular formula is C9H13ClN2. The van der Waals surface area contributed by atoms with Crippen molar-refractivity contribution in [2.24, 2.45) is 5.73 Å². The molecule has 0 aliphatic carbocycles. The number of hydrogen-bond donors (Lipinski definition) is 1. The zero-order valence-electron chi connectivity index (χ0n) is 7.34. The molecule has 0 saturated carbocycles. The van der Waals surface area contributed by atoms with Gasteiger partial charge < -0.3 is 5.73 Å². The predicted molar refractivity (Wildman–Crippen MR) is 51.2 cm³/mol. The first-order chi connectivity index (χ1) is 5.65. The third kappa shape index (κ3) is 1.96. The van der Waals surface area contributed by atoms with Crippen LogP contribution in [0.1, 0.15) is 30.6 Å². The number of hydrogen-bond acceptors (Lipinski definition) is 2. The van der Waals surface area contributed by atoms with Crippen LogP contribution in [0, 0.1) is 6.92 Å². The molecule has 0 radical (unpaired) electrons. The molecule has 0 fully saturated rings. The highest BCUT2D eigenvalue weighted by Gasteiger charge is 2.07. The Hall–Kier alpha value is -0.600. The van der Waals surface area contributed by atoms with Crippen LogP contribution in [0.3, 0.4) is 0 Å². The van der Waals surface area contributed by atoms with Crippen molar-refractivity contribution >= 4 is 11.6 Å². The van der Waals surface area contributed by atoms with E-state index in [1.807, 2.05) is 13.0 Å². The van der Waals surface area contributed by atoms with Gasteiger partial charge >= 0.3 is 0 Å². The van der Waals surface area contributed by atoms with Gasteiger partial charge in [0.25, 0.3) is 0 Å². The smallest absolute Gasteiger partial charge is 0.129 e. The van der Waals surface area contributed by atoms with Gasteiger partial charge in [-0.05, 0) is 25.0 Å².